The van der Waals surface area contributed by atoms with Crippen molar-refractivity contribution in [1.29, 1.82) is 0 Å². The lowest BCUT2D eigenvalue weighted by molar-refractivity contribution is -0.117. The number of hydrogen-bond donors (Lipinski definition) is 2. The van der Waals surface area contributed by atoms with E-state index in [2.05, 4.69) is 22.9 Å². The Kier molecular flexibility index (Phi) is 4.95. The molecule has 0 unspecified atom stereocenters. The molecule has 0 amide bonds. The van der Waals surface area contributed by atoms with Crippen LogP contribution in [0.15, 0.2) is 12.3 Å². The van der Waals surface area contributed by atoms with E-state index < -0.39 is 5.54 Å². The van der Waals surface area contributed by atoms with Crippen molar-refractivity contribution >= 4 is 35.2 Å². The number of ether oxygens (including phenoxy) is 1. The topological polar surface area (TPSA) is 51.2 Å². The first-order chi connectivity index (χ1) is 10.6. The Balaban J connectivity index is 1.75. The molecule has 1 aromatic rings. The minimum Gasteiger partial charge on any atom is -0.381 e. The zero-order chi connectivity index (χ0) is 15.6. The van der Waals surface area contributed by atoms with E-state index >= 15 is 0 Å². The molecule has 0 bridgehead atoms. The zero-order valence-corrected chi connectivity index (χ0v) is 14.1. The van der Waals surface area contributed by atoms with Gasteiger partial charge in [0.2, 0.25) is 5.12 Å². The van der Waals surface area contributed by atoms with Crippen LogP contribution in [0.5, 0.6) is 0 Å². The number of rotatable bonds is 6. The Morgan fingerprint density at radius 3 is 2.82 bits per heavy atom. The Bertz CT molecular complexity index is 557. The van der Waals surface area contributed by atoms with Crippen molar-refractivity contribution < 1.29 is 9.53 Å². The monoisotopic (exact) mass is 340 g/mol. The van der Waals surface area contributed by atoms with E-state index in [0.29, 0.717) is 36.9 Å². The highest BCUT2D eigenvalue weighted by Crippen LogP contribution is 2.35. The number of pyridine rings is 1. The molecule has 0 radical (unpaired) electrons. The number of carbonyl (C=O) groups excluding carboxylic acids is 1. The average Bonchev–Trinajstić information content (AvgIpc) is 3.33. The molecule has 1 saturated carbocycles. The molecule has 0 aromatic carbocycles. The fourth-order valence-corrected chi connectivity index (χ4v) is 3.34. The summed E-state index contributed by atoms with van der Waals surface area (Å²) >= 11 is 10.3. The minimum absolute atomic E-state index is 0.160. The number of hydrogen-bond acceptors (Lipinski definition) is 4. The number of nitrogens with one attached hydrogen (secondary N) is 1. The first kappa shape index (κ1) is 16.1. The third kappa shape index (κ3) is 3.76. The first-order valence-electron chi connectivity index (χ1n) is 7.83. The highest BCUT2D eigenvalue weighted by molar-refractivity contribution is 7.96. The van der Waals surface area contributed by atoms with Crippen LogP contribution in [0.25, 0.3) is 0 Å². The highest BCUT2D eigenvalue weighted by Gasteiger charge is 2.38. The third-order valence-corrected chi connectivity index (χ3v) is 5.34. The summed E-state index contributed by atoms with van der Waals surface area (Å²) in [6.45, 7) is 1.11. The SMILES string of the molecule is O=C(S)C1(Nc2cc(CCC3CC3)c(Cl)cn2)CCOCC1. The number of aromatic nitrogens is 1. The molecule has 2 heterocycles. The molecule has 2 fully saturated rings. The van der Waals surface area contributed by atoms with Crippen LogP contribution in [0.1, 0.15) is 37.7 Å². The zero-order valence-electron chi connectivity index (χ0n) is 12.5. The Morgan fingerprint density at radius 2 is 2.18 bits per heavy atom. The summed E-state index contributed by atoms with van der Waals surface area (Å²) in [5.41, 5.74) is 0.413. The van der Waals surface area contributed by atoms with Crippen LogP contribution in [0, 0.1) is 5.92 Å². The van der Waals surface area contributed by atoms with Gasteiger partial charge in [0.1, 0.15) is 11.4 Å². The van der Waals surface area contributed by atoms with E-state index in [4.69, 9.17) is 16.3 Å². The van der Waals surface area contributed by atoms with Crippen LogP contribution in [0.4, 0.5) is 5.82 Å². The largest absolute Gasteiger partial charge is 0.381 e. The lowest BCUT2D eigenvalue weighted by Crippen LogP contribution is -2.48. The van der Waals surface area contributed by atoms with Crippen LogP contribution in [-0.4, -0.2) is 28.9 Å². The maximum atomic E-state index is 12.0. The molecule has 6 heteroatoms. The summed E-state index contributed by atoms with van der Waals surface area (Å²) in [5.74, 6) is 1.56. The van der Waals surface area contributed by atoms with Crippen molar-refractivity contribution in [2.45, 2.75) is 44.1 Å². The fourth-order valence-electron chi connectivity index (χ4n) is 2.86. The van der Waals surface area contributed by atoms with E-state index in [1.54, 1.807) is 6.20 Å². The van der Waals surface area contributed by atoms with Crippen molar-refractivity contribution in [3.8, 4) is 0 Å². The van der Waals surface area contributed by atoms with Crippen LogP contribution in [0.3, 0.4) is 0 Å². The van der Waals surface area contributed by atoms with Crippen molar-refractivity contribution in [2.75, 3.05) is 18.5 Å². The van der Waals surface area contributed by atoms with Crippen molar-refractivity contribution in [2.24, 2.45) is 5.92 Å². The molecular weight excluding hydrogens is 320 g/mol. The van der Waals surface area contributed by atoms with Crippen LogP contribution in [-0.2, 0) is 16.0 Å². The summed E-state index contributed by atoms with van der Waals surface area (Å²) < 4.78 is 5.36. The third-order valence-electron chi connectivity index (χ3n) is 4.58. The average molecular weight is 341 g/mol. The molecule has 2 aliphatic rings. The maximum absolute atomic E-state index is 12.0. The van der Waals surface area contributed by atoms with Gasteiger partial charge in [0.05, 0.1) is 5.02 Å². The molecule has 3 rings (SSSR count). The summed E-state index contributed by atoms with van der Waals surface area (Å²) in [7, 11) is 0. The molecule has 0 spiro atoms. The van der Waals surface area contributed by atoms with Gasteiger partial charge in [0.15, 0.2) is 0 Å². The van der Waals surface area contributed by atoms with Gasteiger partial charge in [-0.15, -0.1) is 12.6 Å². The van der Waals surface area contributed by atoms with Gasteiger partial charge in [-0.25, -0.2) is 4.98 Å². The van der Waals surface area contributed by atoms with Gasteiger partial charge in [-0.3, -0.25) is 4.79 Å². The van der Waals surface area contributed by atoms with E-state index in [9.17, 15) is 4.79 Å². The smallest absolute Gasteiger partial charge is 0.211 e. The molecule has 0 atom stereocenters. The lowest BCUT2D eigenvalue weighted by atomic mass is 9.91. The molecule has 4 nitrogen and oxygen atoms in total. The molecule has 1 aliphatic carbocycles. The quantitative estimate of drug-likeness (QED) is 0.778. The number of thiol groups is 1. The lowest BCUT2D eigenvalue weighted by Gasteiger charge is -2.35. The predicted octanol–water partition coefficient (Wildman–Crippen LogP) is 3.50. The second-order valence-electron chi connectivity index (χ2n) is 6.27. The minimum atomic E-state index is -0.685. The molecule has 1 aromatic heterocycles. The first-order valence-corrected chi connectivity index (χ1v) is 8.65. The summed E-state index contributed by atoms with van der Waals surface area (Å²) in [5, 5.41) is 3.83. The molecule has 1 saturated heterocycles. The number of halogens is 1. The summed E-state index contributed by atoms with van der Waals surface area (Å²) in [4.78, 5) is 16.3. The Hall–Kier alpha value is -0.780. The van der Waals surface area contributed by atoms with Gasteiger partial charge < -0.3 is 10.1 Å². The Labute approximate surface area is 141 Å². The van der Waals surface area contributed by atoms with E-state index in [-0.39, 0.29) is 5.12 Å². The van der Waals surface area contributed by atoms with Gasteiger partial charge in [-0.1, -0.05) is 24.4 Å². The van der Waals surface area contributed by atoms with Crippen LogP contribution in [0.2, 0.25) is 5.02 Å². The normalized spacial score (nSPS) is 20.6. The van der Waals surface area contributed by atoms with Gasteiger partial charge in [-0.2, -0.15) is 0 Å². The standard InChI is InChI=1S/C16H21ClN2O2S/c17-13-10-18-14(9-12(13)4-3-11-1-2-11)19-16(15(20)22)5-7-21-8-6-16/h9-11H,1-8H2,(H,18,19)(H,20,22). The maximum Gasteiger partial charge on any atom is 0.211 e. The molecule has 120 valence electrons. The van der Waals surface area contributed by atoms with Gasteiger partial charge in [0, 0.05) is 32.3 Å². The Morgan fingerprint density at radius 1 is 1.45 bits per heavy atom. The predicted molar refractivity (Wildman–Crippen MR) is 90.7 cm³/mol. The van der Waals surface area contributed by atoms with Crippen LogP contribution < -0.4 is 5.32 Å². The van der Waals surface area contributed by atoms with Crippen LogP contribution >= 0.6 is 24.2 Å². The van der Waals surface area contributed by atoms with Gasteiger partial charge in [-0.05, 0) is 30.4 Å². The number of aryl methyl sites for hydroxylation is 1. The summed E-state index contributed by atoms with van der Waals surface area (Å²) in [6.07, 6.45) is 7.70. The molecule has 22 heavy (non-hydrogen) atoms. The van der Waals surface area contributed by atoms with Crippen molar-refractivity contribution in [3.63, 3.8) is 0 Å². The number of nitrogens with zero attached hydrogens (tertiary/aromatic N) is 1. The highest BCUT2D eigenvalue weighted by atomic mass is 35.5. The van der Waals surface area contributed by atoms with E-state index in [1.807, 2.05) is 6.07 Å². The molecular formula is C16H21ClN2O2S. The number of anilines is 1. The van der Waals surface area contributed by atoms with Crippen molar-refractivity contribution in [3.05, 3.63) is 22.8 Å². The molecule has 1 N–H and O–H groups in total. The van der Waals surface area contributed by atoms with E-state index in [0.717, 1.165) is 17.9 Å². The van der Waals surface area contributed by atoms with E-state index in [1.165, 1.54) is 19.3 Å². The fraction of sp³-hybridized carbons (Fsp3) is 0.625. The second-order valence-corrected chi connectivity index (χ2v) is 7.08. The second kappa shape index (κ2) is 6.77. The summed E-state index contributed by atoms with van der Waals surface area (Å²) in [6, 6.07) is 1.97. The van der Waals surface area contributed by atoms with Gasteiger partial charge >= 0.3 is 0 Å². The number of carbonyl (C=O) groups is 1. The van der Waals surface area contributed by atoms with Crippen molar-refractivity contribution in [1.82, 2.24) is 4.98 Å². The molecule has 1 aliphatic heterocycles. The van der Waals surface area contributed by atoms with Gasteiger partial charge in [0.25, 0.3) is 0 Å².